The van der Waals surface area contributed by atoms with Crippen LogP contribution < -0.4 is 5.32 Å². The van der Waals surface area contributed by atoms with Crippen LogP contribution in [-0.4, -0.2) is 16.7 Å². The molecule has 1 aromatic heterocycles. The summed E-state index contributed by atoms with van der Waals surface area (Å²) in [6, 6.07) is 12.3. The Balaban J connectivity index is 2.43. The molecule has 0 aliphatic heterocycles. The summed E-state index contributed by atoms with van der Waals surface area (Å²) in [6.45, 7) is 4.88. The summed E-state index contributed by atoms with van der Waals surface area (Å²) in [5.74, 6) is 0.826. The smallest absolute Gasteiger partial charge is 0.149 e. The van der Waals surface area contributed by atoms with E-state index in [9.17, 15) is 0 Å². The molecule has 3 heteroatoms. The molecule has 2 rings (SSSR count). The van der Waals surface area contributed by atoms with Crippen molar-refractivity contribution < 1.29 is 0 Å². The van der Waals surface area contributed by atoms with Crippen LogP contribution in [0.1, 0.15) is 12.6 Å². The normalized spacial score (nSPS) is 10.1. The molecule has 82 valence electrons. The summed E-state index contributed by atoms with van der Waals surface area (Å²) in [5.41, 5.74) is 3.26. The van der Waals surface area contributed by atoms with Gasteiger partial charge in [0.15, 0.2) is 0 Å². The Hall–Kier alpha value is -1.90. The fourth-order valence-electron chi connectivity index (χ4n) is 1.63. The minimum Gasteiger partial charge on any atom is -0.369 e. The SMILES string of the molecule is CCNc1cc(-c2ccccc2)c(C)nn1. The molecule has 2 aromatic rings. The monoisotopic (exact) mass is 213 g/mol. The highest BCUT2D eigenvalue weighted by atomic mass is 15.2. The van der Waals surface area contributed by atoms with Gasteiger partial charge in [0.2, 0.25) is 0 Å². The Kier molecular flexibility index (Phi) is 3.15. The van der Waals surface area contributed by atoms with Crippen molar-refractivity contribution in [1.29, 1.82) is 0 Å². The number of benzene rings is 1. The standard InChI is InChI=1S/C13H15N3/c1-3-14-13-9-12(10(2)15-16-13)11-7-5-4-6-8-11/h4-9H,3H2,1-2H3,(H,14,16). The van der Waals surface area contributed by atoms with Gasteiger partial charge < -0.3 is 5.32 Å². The largest absolute Gasteiger partial charge is 0.369 e. The van der Waals surface area contributed by atoms with E-state index < -0.39 is 0 Å². The van der Waals surface area contributed by atoms with E-state index in [1.54, 1.807) is 0 Å². The number of hydrogen-bond acceptors (Lipinski definition) is 3. The Morgan fingerprint density at radius 3 is 2.56 bits per heavy atom. The Morgan fingerprint density at radius 2 is 1.88 bits per heavy atom. The first-order chi connectivity index (χ1) is 7.81. The second kappa shape index (κ2) is 4.75. The maximum Gasteiger partial charge on any atom is 0.149 e. The molecule has 0 aliphatic carbocycles. The number of rotatable bonds is 3. The minimum atomic E-state index is 0.826. The Labute approximate surface area is 95.5 Å². The van der Waals surface area contributed by atoms with Crippen molar-refractivity contribution in [3.63, 3.8) is 0 Å². The van der Waals surface area contributed by atoms with Crippen LogP contribution in [0.5, 0.6) is 0 Å². The van der Waals surface area contributed by atoms with E-state index >= 15 is 0 Å². The van der Waals surface area contributed by atoms with E-state index in [2.05, 4.69) is 27.6 Å². The van der Waals surface area contributed by atoms with E-state index in [0.29, 0.717) is 0 Å². The van der Waals surface area contributed by atoms with Crippen molar-refractivity contribution in [3.8, 4) is 11.1 Å². The van der Waals surface area contributed by atoms with E-state index in [0.717, 1.165) is 23.6 Å². The number of nitrogens with zero attached hydrogens (tertiary/aromatic N) is 2. The molecule has 1 N–H and O–H groups in total. The molecule has 1 aromatic carbocycles. The summed E-state index contributed by atoms with van der Waals surface area (Å²) in [6.07, 6.45) is 0. The number of hydrogen-bond donors (Lipinski definition) is 1. The van der Waals surface area contributed by atoms with E-state index in [1.807, 2.05) is 38.1 Å². The van der Waals surface area contributed by atoms with Crippen LogP contribution in [-0.2, 0) is 0 Å². The predicted octanol–water partition coefficient (Wildman–Crippen LogP) is 2.88. The molecular formula is C13H15N3. The maximum atomic E-state index is 4.16. The first kappa shape index (κ1) is 10.6. The van der Waals surface area contributed by atoms with Gasteiger partial charge in [-0.2, -0.15) is 5.10 Å². The third kappa shape index (κ3) is 2.19. The number of aryl methyl sites for hydroxylation is 1. The lowest BCUT2D eigenvalue weighted by molar-refractivity contribution is 0.973. The van der Waals surface area contributed by atoms with Gasteiger partial charge in [-0.25, -0.2) is 0 Å². The van der Waals surface area contributed by atoms with Crippen molar-refractivity contribution in [2.45, 2.75) is 13.8 Å². The highest BCUT2D eigenvalue weighted by Gasteiger charge is 2.04. The maximum absolute atomic E-state index is 4.16. The highest BCUT2D eigenvalue weighted by Crippen LogP contribution is 2.23. The number of nitrogens with one attached hydrogen (secondary N) is 1. The van der Waals surface area contributed by atoms with Gasteiger partial charge in [-0.1, -0.05) is 30.3 Å². The average molecular weight is 213 g/mol. The zero-order valence-electron chi connectivity index (χ0n) is 9.57. The second-order valence-corrected chi connectivity index (χ2v) is 3.63. The topological polar surface area (TPSA) is 37.8 Å². The molecule has 0 amide bonds. The van der Waals surface area contributed by atoms with Crippen LogP contribution in [0.4, 0.5) is 5.82 Å². The van der Waals surface area contributed by atoms with Crippen LogP contribution in [0.3, 0.4) is 0 Å². The third-order valence-corrected chi connectivity index (χ3v) is 2.42. The molecule has 0 bridgehead atoms. The Bertz CT molecular complexity index is 466. The quantitative estimate of drug-likeness (QED) is 0.851. The van der Waals surface area contributed by atoms with Gasteiger partial charge in [0.1, 0.15) is 5.82 Å². The molecule has 0 saturated heterocycles. The molecule has 16 heavy (non-hydrogen) atoms. The molecule has 0 radical (unpaired) electrons. The molecule has 0 saturated carbocycles. The fraction of sp³-hybridized carbons (Fsp3) is 0.231. The lowest BCUT2D eigenvalue weighted by Crippen LogP contribution is -2.02. The first-order valence-corrected chi connectivity index (χ1v) is 5.45. The molecule has 1 heterocycles. The molecule has 0 aliphatic rings. The van der Waals surface area contributed by atoms with Crippen LogP contribution >= 0.6 is 0 Å². The first-order valence-electron chi connectivity index (χ1n) is 5.45. The fourth-order valence-corrected chi connectivity index (χ4v) is 1.63. The summed E-state index contributed by atoms with van der Waals surface area (Å²) in [7, 11) is 0. The molecule has 0 unspecified atom stereocenters. The van der Waals surface area contributed by atoms with Gasteiger partial charge in [0, 0.05) is 12.1 Å². The summed E-state index contributed by atoms with van der Waals surface area (Å²) in [5, 5.41) is 11.4. The van der Waals surface area contributed by atoms with Gasteiger partial charge in [-0.15, -0.1) is 5.10 Å². The summed E-state index contributed by atoms with van der Waals surface area (Å²) in [4.78, 5) is 0. The van der Waals surface area contributed by atoms with Crippen molar-refractivity contribution in [2.75, 3.05) is 11.9 Å². The van der Waals surface area contributed by atoms with Gasteiger partial charge in [-0.3, -0.25) is 0 Å². The minimum absolute atomic E-state index is 0.826. The molecule has 0 fully saturated rings. The zero-order chi connectivity index (χ0) is 11.4. The molecule has 3 nitrogen and oxygen atoms in total. The molecular weight excluding hydrogens is 198 g/mol. The zero-order valence-corrected chi connectivity index (χ0v) is 9.57. The summed E-state index contributed by atoms with van der Waals surface area (Å²) < 4.78 is 0. The van der Waals surface area contributed by atoms with Gasteiger partial charge >= 0.3 is 0 Å². The van der Waals surface area contributed by atoms with Crippen LogP contribution in [0, 0.1) is 6.92 Å². The van der Waals surface area contributed by atoms with Crippen molar-refractivity contribution in [3.05, 3.63) is 42.1 Å². The van der Waals surface area contributed by atoms with E-state index in [1.165, 1.54) is 5.56 Å². The van der Waals surface area contributed by atoms with Gasteiger partial charge in [0.05, 0.1) is 5.69 Å². The van der Waals surface area contributed by atoms with Crippen LogP contribution in [0.15, 0.2) is 36.4 Å². The third-order valence-electron chi connectivity index (χ3n) is 2.42. The van der Waals surface area contributed by atoms with Crippen LogP contribution in [0.25, 0.3) is 11.1 Å². The van der Waals surface area contributed by atoms with Gasteiger partial charge in [0.25, 0.3) is 0 Å². The van der Waals surface area contributed by atoms with Crippen molar-refractivity contribution in [2.24, 2.45) is 0 Å². The van der Waals surface area contributed by atoms with Gasteiger partial charge in [-0.05, 0) is 25.5 Å². The summed E-state index contributed by atoms with van der Waals surface area (Å²) >= 11 is 0. The molecule has 0 atom stereocenters. The second-order valence-electron chi connectivity index (χ2n) is 3.63. The van der Waals surface area contributed by atoms with E-state index in [-0.39, 0.29) is 0 Å². The number of aromatic nitrogens is 2. The lowest BCUT2D eigenvalue weighted by Gasteiger charge is -2.07. The highest BCUT2D eigenvalue weighted by molar-refractivity contribution is 5.68. The lowest BCUT2D eigenvalue weighted by atomic mass is 10.1. The van der Waals surface area contributed by atoms with Crippen molar-refractivity contribution in [1.82, 2.24) is 10.2 Å². The Morgan fingerprint density at radius 1 is 1.12 bits per heavy atom. The van der Waals surface area contributed by atoms with E-state index in [4.69, 9.17) is 0 Å². The average Bonchev–Trinajstić information content (AvgIpc) is 2.33. The van der Waals surface area contributed by atoms with Crippen molar-refractivity contribution >= 4 is 5.82 Å². The molecule has 0 spiro atoms. The predicted molar refractivity (Wildman–Crippen MR) is 66.4 cm³/mol. The number of anilines is 1. The van der Waals surface area contributed by atoms with Crippen LogP contribution in [0.2, 0.25) is 0 Å².